The van der Waals surface area contributed by atoms with Crippen molar-refractivity contribution in [3.8, 4) is 0 Å². The van der Waals surface area contributed by atoms with Gasteiger partial charge in [0.2, 0.25) is 5.91 Å². The molecule has 0 bridgehead atoms. The molecule has 1 rings (SSSR count). The molecular weight excluding hydrogens is 289 g/mol. The summed E-state index contributed by atoms with van der Waals surface area (Å²) < 4.78 is 38.0. The van der Waals surface area contributed by atoms with Gasteiger partial charge in [0.1, 0.15) is 6.04 Å². The van der Waals surface area contributed by atoms with Crippen LogP contribution in [0.15, 0.2) is 18.2 Å². The Bertz CT molecular complexity index is 546. The summed E-state index contributed by atoms with van der Waals surface area (Å²) in [7, 11) is 1.38. The highest BCUT2D eigenvalue weighted by Crippen LogP contribution is 2.31. The molecule has 1 aromatic rings. The Labute approximate surface area is 118 Å². The van der Waals surface area contributed by atoms with Crippen LogP contribution in [0.25, 0.3) is 0 Å². The number of hydrogen-bond acceptors (Lipinski definition) is 4. The van der Waals surface area contributed by atoms with Crippen LogP contribution in [0.1, 0.15) is 22.8 Å². The van der Waals surface area contributed by atoms with Crippen LogP contribution < -0.4 is 21.9 Å². The summed E-state index contributed by atoms with van der Waals surface area (Å²) in [6.45, 7) is 1.40. The summed E-state index contributed by atoms with van der Waals surface area (Å²) in [6, 6.07) is 1.61. The van der Waals surface area contributed by atoms with Gasteiger partial charge in [0.05, 0.1) is 16.8 Å². The van der Waals surface area contributed by atoms with E-state index in [9.17, 15) is 22.8 Å². The maximum absolute atomic E-state index is 12.7. The molecule has 2 amide bonds. The number of halogens is 3. The lowest BCUT2D eigenvalue weighted by atomic mass is 10.1. The predicted molar refractivity (Wildman–Crippen MR) is 70.2 cm³/mol. The van der Waals surface area contributed by atoms with E-state index in [1.165, 1.54) is 14.0 Å². The van der Waals surface area contributed by atoms with Crippen molar-refractivity contribution in [1.82, 2.24) is 10.6 Å². The molecule has 0 fully saturated rings. The van der Waals surface area contributed by atoms with Crippen molar-refractivity contribution in [3.05, 3.63) is 29.3 Å². The number of carbonyl (C=O) groups is 2. The van der Waals surface area contributed by atoms with Crippen LogP contribution >= 0.6 is 0 Å². The summed E-state index contributed by atoms with van der Waals surface area (Å²) in [6.07, 6.45) is -4.59. The number of nitrogen functional groups attached to an aromatic ring is 1. The topological polar surface area (TPSA) is 96.2 Å². The first-order valence-corrected chi connectivity index (χ1v) is 5.91. The summed E-state index contributed by atoms with van der Waals surface area (Å²) in [5.41, 5.74) is 0.872. The Hall–Kier alpha value is -2.29. The van der Waals surface area contributed by atoms with Gasteiger partial charge in [-0.1, -0.05) is 0 Å². The van der Waals surface area contributed by atoms with E-state index >= 15 is 0 Å². The van der Waals surface area contributed by atoms with Crippen LogP contribution in [0.4, 0.5) is 18.9 Å². The lowest BCUT2D eigenvalue weighted by Crippen LogP contribution is -2.43. The van der Waals surface area contributed by atoms with E-state index < -0.39 is 29.6 Å². The van der Waals surface area contributed by atoms with Crippen molar-refractivity contribution in [3.63, 3.8) is 0 Å². The molecule has 116 valence electrons. The quantitative estimate of drug-likeness (QED) is 0.490. The molecule has 21 heavy (non-hydrogen) atoms. The van der Waals surface area contributed by atoms with Crippen molar-refractivity contribution in [1.29, 1.82) is 0 Å². The largest absolute Gasteiger partial charge is 0.416 e. The lowest BCUT2D eigenvalue weighted by Gasteiger charge is -2.16. The second-order valence-corrected chi connectivity index (χ2v) is 4.21. The van der Waals surface area contributed by atoms with Crippen LogP contribution in [-0.2, 0) is 11.0 Å². The highest BCUT2D eigenvalue weighted by atomic mass is 19.4. The van der Waals surface area contributed by atoms with Gasteiger partial charge >= 0.3 is 6.18 Å². The molecule has 0 radical (unpaired) electrons. The fourth-order valence-electron chi connectivity index (χ4n) is 1.59. The van der Waals surface area contributed by atoms with E-state index in [0.717, 1.165) is 12.1 Å². The number of hydrazine groups is 1. The van der Waals surface area contributed by atoms with Gasteiger partial charge in [-0.05, 0) is 25.1 Å². The molecular formula is C12H15F3N4O2. The average Bonchev–Trinajstić information content (AvgIpc) is 2.44. The molecule has 0 aliphatic heterocycles. The Kier molecular flexibility index (Phi) is 5.14. The minimum absolute atomic E-state index is 0.0182. The van der Waals surface area contributed by atoms with Gasteiger partial charge in [-0.15, -0.1) is 0 Å². The van der Waals surface area contributed by atoms with E-state index in [0.29, 0.717) is 6.07 Å². The predicted octanol–water partition coefficient (Wildman–Crippen LogP) is 0.855. The molecule has 5 N–H and O–H groups in total. The fourth-order valence-corrected chi connectivity index (χ4v) is 1.59. The highest BCUT2D eigenvalue weighted by molar-refractivity contribution is 6.01. The molecule has 0 saturated heterocycles. The van der Waals surface area contributed by atoms with Crippen molar-refractivity contribution < 1.29 is 22.8 Å². The number of carbonyl (C=O) groups excluding carboxylic acids is 2. The number of nitrogens with two attached hydrogens (primary N) is 1. The van der Waals surface area contributed by atoms with E-state index in [1.807, 2.05) is 0 Å². The Morgan fingerprint density at radius 3 is 2.38 bits per heavy atom. The highest BCUT2D eigenvalue weighted by Gasteiger charge is 2.32. The molecule has 0 heterocycles. The zero-order chi connectivity index (χ0) is 16.2. The number of anilines is 1. The maximum Gasteiger partial charge on any atom is 0.416 e. The monoisotopic (exact) mass is 304 g/mol. The Morgan fingerprint density at radius 1 is 1.29 bits per heavy atom. The molecule has 0 aromatic heterocycles. The third kappa shape index (κ3) is 4.09. The van der Waals surface area contributed by atoms with Crippen LogP contribution in [0.3, 0.4) is 0 Å². The maximum atomic E-state index is 12.7. The zero-order valence-corrected chi connectivity index (χ0v) is 11.3. The summed E-state index contributed by atoms with van der Waals surface area (Å²) in [4.78, 5) is 23.3. The molecule has 0 aliphatic carbocycles. The van der Waals surface area contributed by atoms with Gasteiger partial charge in [-0.25, -0.2) is 0 Å². The van der Waals surface area contributed by atoms with Gasteiger partial charge in [0.15, 0.2) is 0 Å². The molecule has 1 unspecified atom stereocenters. The number of benzene rings is 1. The van der Waals surface area contributed by atoms with Crippen LogP contribution in [0.2, 0.25) is 0 Å². The molecule has 9 heteroatoms. The molecule has 0 aliphatic rings. The standard InChI is InChI=1S/C12H15F3N4O2/c1-6(10(20)17-2)18-11(21)8-5-7(12(13,14)15)3-4-9(8)19-16/h3-6,19H,16H2,1-2H3,(H,17,20)(H,18,21). The number of alkyl halides is 3. The smallest absolute Gasteiger partial charge is 0.357 e. The second-order valence-electron chi connectivity index (χ2n) is 4.21. The van der Waals surface area contributed by atoms with E-state index in [4.69, 9.17) is 5.84 Å². The van der Waals surface area contributed by atoms with Crippen LogP contribution in [-0.4, -0.2) is 24.9 Å². The summed E-state index contributed by atoms with van der Waals surface area (Å²) in [5, 5.41) is 4.60. The lowest BCUT2D eigenvalue weighted by molar-refractivity contribution is -0.137. The first-order valence-electron chi connectivity index (χ1n) is 5.91. The fraction of sp³-hybridized carbons (Fsp3) is 0.333. The third-order valence-electron chi connectivity index (χ3n) is 2.73. The van der Waals surface area contributed by atoms with Crippen LogP contribution in [0, 0.1) is 0 Å². The van der Waals surface area contributed by atoms with E-state index in [2.05, 4.69) is 16.1 Å². The minimum Gasteiger partial charge on any atom is -0.357 e. The van der Waals surface area contributed by atoms with Gasteiger partial charge in [-0.2, -0.15) is 13.2 Å². The van der Waals surface area contributed by atoms with Crippen molar-refractivity contribution in [2.24, 2.45) is 5.84 Å². The molecule has 0 saturated carbocycles. The van der Waals surface area contributed by atoms with Crippen LogP contribution in [0.5, 0.6) is 0 Å². The number of nitrogens with one attached hydrogen (secondary N) is 3. The van der Waals surface area contributed by atoms with Crippen molar-refractivity contribution >= 4 is 17.5 Å². The number of amides is 2. The normalized spacial score (nSPS) is 12.5. The molecule has 0 spiro atoms. The third-order valence-corrected chi connectivity index (χ3v) is 2.73. The Balaban J connectivity index is 3.09. The zero-order valence-electron chi connectivity index (χ0n) is 11.3. The van der Waals surface area contributed by atoms with Gasteiger partial charge in [0, 0.05) is 7.05 Å². The summed E-state index contributed by atoms with van der Waals surface area (Å²) in [5.74, 6) is 3.86. The first-order chi connectivity index (χ1) is 9.70. The van der Waals surface area contributed by atoms with E-state index in [-0.39, 0.29) is 11.3 Å². The number of hydrogen-bond donors (Lipinski definition) is 4. The summed E-state index contributed by atoms with van der Waals surface area (Å²) >= 11 is 0. The van der Waals surface area contributed by atoms with E-state index in [1.54, 1.807) is 0 Å². The van der Waals surface area contributed by atoms with Crippen molar-refractivity contribution in [2.75, 3.05) is 12.5 Å². The molecule has 1 atom stereocenters. The van der Waals surface area contributed by atoms with Gasteiger partial charge < -0.3 is 16.1 Å². The van der Waals surface area contributed by atoms with Gasteiger partial charge in [0.25, 0.3) is 5.91 Å². The van der Waals surface area contributed by atoms with Gasteiger partial charge in [-0.3, -0.25) is 15.4 Å². The molecule has 6 nitrogen and oxygen atoms in total. The first kappa shape index (κ1) is 16.8. The average molecular weight is 304 g/mol. The SMILES string of the molecule is CNC(=O)C(C)NC(=O)c1cc(C(F)(F)F)ccc1NN. The molecule has 1 aromatic carbocycles. The minimum atomic E-state index is -4.59. The second kappa shape index (κ2) is 6.44. The number of rotatable bonds is 4. The van der Waals surface area contributed by atoms with Crippen molar-refractivity contribution in [2.45, 2.75) is 19.1 Å². The number of likely N-dealkylation sites (N-methyl/N-ethyl adjacent to an activating group) is 1. The Morgan fingerprint density at radius 2 is 1.90 bits per heavy atom.